The van der Waals surface area contributed by atoms with Crippen LogP contribution in [0.25, 0.3) is 0 Å². The maximum Gasteiger partial charge on any atom is 0.275 e. The molecule has 0 radical (unpaired) electrons. The topological polar surface area (TPSA) is 72.6 Å². The molecule has 0 aliphatic heterocycles. The molecule has 0 aromatic heterocycles. The Labute approximate surface area is 112 Å². The van der Waals surface area contributed by atoms with Crippen molar-refractivity contribution in [3.05, 3.63) is 57.6 Å². The van der Waals surface area contributed by atoms with Gasteiger partial charge in [0.05, 0.1) is 17.1 Å². The molecule has 0 amide bonds. The highest BCUT2D eigenvalue weighted by atomic mass is 19.1. The molecule has 0 fully saturated rings. The molecule has 104 valence electrons. The summed E-state index contributed by atoms with van der Waals surface area (Å²) >= 11 is 0. The standard InChI is InChI=1S/C13H9F2NO4/c1-7-11(17)3-2-4-12(7)20-13-9(14)5-8(16(18)19)6-10(13)15/h2-6,17H,1H3. The van der Waals surface area contributed by atoms with Crippen molar-refractivity contribution in [2.24, 2.45) is 0 Å². The van der Waals surface area contributed by atoms with Gasteiger partial charge in [0.1, 0.15) is 11.5 Å². The number of rotatable bonds is 3. The first-order valence-corrected chi connectivity index (χ1v) is 5.50. The van der Waals surface area contributed by atoms with E-state index in [0.29, 0.717) is 17.7 Å². The molecule has 0 bridgehead atoms. The van der Waals surface area contributed by atoms with Crippen molar-refractivity contribution in [3.63, 3.8) is 0 Å². The summed E-state index contributed by atoms with van der Waals surface area (Å²) in [7, 11) is 0. The fourth-order valence-electron chi connectivity index (χ4n) is 1.57. The third-order valence-corrected chi connectivity index (χ3v) is 2.66. The van der Waals surface area contributed by atoms with E-state index in [0.717, 1.165) is 0 Å². The first-order valence-electron chi connectivity index (χ1n) is 5.50. The predicted octanol–water partition coefficient (Wildman–Crippen LogP) is 3.68. The number of hydrogen-bond acceptors (Lipinski definition) is 4. The molecule has 20 heavy (non-hydrogen) atoms. The molecule has 5 nitrogen and oxygen atoms in total. The Kier molecular flexibility index (Phi) is 3.51. The highest BCUT2D eigenvalue weighted by Crippen LogP contribution is 2.34. The molecular weight excluding hydrogens is 272 g/mol. The van der Waals surface area contributed by atoms with Crippen molar-refractivity contribution in [3.8, 4) is 17.2 Å². The van der Waals surface area contributed by atoms with Gasteiger partial charge in [0.2, 0.25) is 0 Å². The van der Waals surface area contributed by atoms with Crippen LogP contribution in [0.5, 0.6) is 17.2 Å². The number of nitro benzene ring substituents is 1. The van der Waals surface area contributed by atoms with Crippen molar-refractivity contribution in [1.82, 2.24) is 0 Å². The fourth-order valence-corrected chi connectivity index (χ4v) is 1.57. The summed E-state index contributed by atoms with van der Waals surface area (Å²) in [4.78, 5) is 9.56. The molecule has 7 heteroatoms. The summed E-state index contributed by atoms with van der Waals surface area (Å²) in [6, 6.07) is 5.38. The molecule has 0 aliphatic carbocycles. The summed E-state index contributed by atoms with van der Waals surface area (Å²) in [5.74, 6) is -3.19. The lowest BCUT2D eigenvalue weighted by atomic mass is 10.2. The quantitative estimate of drug-likeness (QED) is 0.688. The van der Waals surface area contributed by atoms with Crippen molar-refractivity contribution in [2.45, 2.75) is 6.92 Å². The van der Waals surface area contributed by atoms with Gasteiger partial charge in [-0.1, -0.05) is 6.07 Å². The number of hydrogen-bond donors (Lipinski definition) is 1. The van der Waals surface area contributed by atoms with E-state index in [1.54, 1.807) is 0 Å². The molecule has 0 saturated heterocycles. The van der Waals surface area contributed by atoms with Crippen LogP contribution in [0, 0.1) is 28.7 Å². The molecule has 0 spiro atoms. The number of phenols is 1. The van der Waals surface area contributed by atoms with Gasteiger partial charge in [0, 0.05) is 5.56 Å². The van der Waals surface area contributed by atoms with E-state index in [-0.39, 0.29) is 11.5 Å². The van der Waals surface area contributed by atoms with Gasteiger partial charge in [0.25, 0.3) is 5.69 Å². The third-order valence-electron chi connectivity index (χ3n) is 2.66. The minimum atomic E-state index is -1.19. The maximum atomic E-state index is 13.7. The van der Waals surface area contributed by atoms with E-state index in [4.69, 9.17) is 4.74 Å². The highest BCUT2D eigenvalue weighted by molar-refractivity contribution is 5.47. The first-order chi connectivity index (χ1) is 9.40. The largest absolute Gasteiger partial charge is 0.508 e. The second-order valence-electron chi connectivity index (χ2n) is 4.00. The van der Waals surface area contributed by atoms with Gasteiger partial charge in [-0.25, -0.2) is 8.78 Å². The average molecular weight is 281 g/mol. The van der Waals surface area contributed by atoms with Crippen molar-refractivity contribution in [2.75, 3.05) is 0 Å². The van der Waals surface area contributed by atoms with Crippen LogP contribution in [0.2, 0.25) is 0 Å². The van der Waals surface area contributed by atoms with Crippen LogP contribution in [0.3, 0.4) is 0 Å². The zero-order valence-corrected chi connectivity index (χ0v) is 10.3. The Hall–Kier alpha value is -2.70. The number of ether oxygens (including phenoxy) is 1. The molecule has 2 aromatic rings. The van der Waals surface area contributed by atoms with E-state index >= 15 is 0 Å². The average Bonchev–Trinajstić information content (AvgIpc) is 2.38. The molecule has 1 N–H and O–H groups in total. The number of aromatic hydroxyl groups is 1. The van der Waals surface area contributed by atoms with Crippen LogP contribution in [0.1, 0.15) is 5.56 Å². The second kappa shape index (κ2) is 5.12. The van der Waals surface area contributed by atoms with Gasteiger partial charge in [-0.05, 0) is 19.1 Å². The monoisotopic (exact) mass is 281 g/mol. The minimum Gasteiger partial charge on any atom is -0.508 e. The van der Waals surface area contributed by atoms with Crippen molar-refractivity contribution < 1.29 is 23.5 Å². The summed E-state index contributed by atoms with van der Waals surface area (Å²) < 4.78 is 32.4. The van der Waals surface area contributed by atoms with Gasteiger partial charge in [-0.3, -0.25) is 10.1 Å². The lowest BCUT2D eigenvalue weighted by Gasteiger charge is -2.11. The number of benzene rings is 2. The number of phenolic OH excluding ortho intramolecular Hbond substituents is 1. The number of halogens is 2. The smallest absolute Gasteiger partial charge is 0.275 e. The lowest BCUT2D eigenvalue weighted by molar-refractivity contribution is -0.385. The molecule has 0 heterocycles. The van der Waals surface area contributed by atoms with Crippen LogP contribution in [-0.2, 0) is 0 Å². The fraction of sp³-hybridized carbons (Fsp3) is 0.0769. The molecule has 2 aromatic carbocycles. The molecular formula is C13H9F2NO4. The Bertz CT molecular complexity index is 665. The Morgan fingerprint density at radius 1 is 1.25 bits per heavy atom. The van der Waals surface area contributed by atoms with Crippen LogP contribution >= 0.6 is 0 Å². The van der Waals surface area contributed by atoms with Crippen molar-refractivity contribution >= 4 is 5.69 Å². The highest BCUT2D eigenvalue weighted by Gasteiger charge is 2.19. The summed E-state index contributed by atoms with van der Waals surface area (Å²) in [6.07, 6.45) is 0. The molecule has 2 rings (SSSR count). The van der Waals surface area contributed by atoms with Gasteiger partial charge in [-0.2, -0.15) is 0 Å². The van der Waals surface area contributed by atoms with Crippen LogP contribution in [0.4, 0.5) is 14.5 Å². The van der Waals surface area contributed by atoms with E-state index < -0.39 is 28.0 Å². The van der Waals surface area contributed by atoms with Crippen LogP contribution in [0.15, 0.2) is 30.3 Å². The van der Waals surface area contributed by atoms with E-state index in [2.05, 4.69) is 0 Å². The lowest BCUT2D eigenvalue weighted by Crippen LogP contribution is -1.97. The SMILES string of the molecule is Cc1c(O)cccc1Oc1c(F)cc([N+](=O)[O-])cc1F. The Morgan fingerprint density at radius 3 is 2.40 bits per heavy atom. The van der Waals surface area contributed by atoms with Crippen LogP contribution < -0.4 is 4.74 Å². The van der Waals surface area contributed by atoms with E-state index in [9.17, 15) is 24.0 Å². The summed E-state index contributed by atoms with van der Waals surface area (Å²) in [6.45, 7) is 1.51. The third kappa shape index (κ3) is 2.51. The zero-order valence-electron chi connectivity index (χ0n) is 10.3. The molecule has 0 unspecified atom stereocenters. The minimum absolute atomic E-state index is 0.0525. The van der Waals surface area contributed by atoms with E-state index in [1.165, 1.54) is 25.1 Å². The molecule has 0 aliphatic rings. The van der Waals surface area contributed by atoms with Gasteiger partial charge < -0.3 is 9.84 Å². The van der Waals surface area contributed by atoms with E-state index in [1.807, 2.05) is 0 Å². The molecule has 0 atom stereocenters. The Morgan fingerprint density at radius 2 is 1.85 bits per heavy atom. The number of nitrogens with zero attached hydrogens (tertiary/aromatic N) is 1. The second-order valence-corrected chi connectivity index (χ2v) is 4.00. The Balaban J connectivity index is 2.44. The van der Waals surface area contributed by atoms with Gasteiger partial charge in [0.15, 0.2) is 17.4 Å². The van der Waals surface area contributed by atoms with Gasteiger partial charge in [-0.15, -0.1) is 0 Å². The van der Waals surface area contributed by atoms with Gasteiger partial charge >= 0.3 is 0 Å². The van der Waals surface area contributed by atoms with Crippen molar-refractivity contribution in [1.29, 1.82) is 0 Å². The number of nitro groups is 1. The normalized spacial score (nSPS) is 10.3. The van der Waals surface area contributed by atoms with Crippen LogP contribution in [-0.4, -0.2) is 10.0 Å². The number of non-ortho nitro benzene ring substituents is 1. The molecule has 0 saturated carbocycles. The summed E-state index contributed by atoms with van der Waals surface area (Å²) in [5.41, 5.74) is -0.412. The summed E-state index contributed by atoms with van der Waals surface area (Å²) in [5, 5.41) is 19.9. The predicted molar refractivity (Wildman–Crippen MR) is 65.9 cm³/mol. The zero-order chi connectivity index (χ0) is 14.9. The first kappa shape index (κ1) is 13.7. The maximum absolute atomic E-state index is 13.7.